The van der Waals surface area contributed by atoms with Crippen molar-refractivity contribution in [3.8, 4) is 11.5 Å². The summed E-state index contributed by atoms with van der Waals surface area (Å²) < 4.78 is 22.3. The van der Waals surface area contributed by atoms with Crippen LogP contribution in [0, 0.1) is 0 Å². The zero-order chi connectivity index (χ0) is 22.1. The molecule has 1 fully saturated rings. The number of halogens is 1. The first-order valence-corrected chi connectivity index (χ1v) is 11.1. The van der Waals surface area contributed by atoms with E-state index in [1.165, 1.54) is 5.69 Å². The molecule has 31 heavy (non-hydrogen) atoms. The molecule has 0 amide bonds. The first kappa shape index (κ1) is 23.1. The van der Waals surface area contributed by atoms with Gasteiger partial charge in [0.1, 0.15) is 0 Å². The molecule has 3 rings (SSSR count). The molecule has 166 valence electrons. The Balaban J connectivity index is 1.71. The zero-order valence-electron chi connectivity index (χ0n) is 17.8. The number of rotatable bonds is 9. The van der Waals surface area contributed by atoms with Crippen LogP contribution in [0.4, 0.5) is 11.4 Å². The molecule has 0 saturated carbocycles. The lowest BCUT2D eigenvalue weighted by Gasteiger charge is -2.28. The maximum absolute atomic E-state index is 11.6. The first-order valence-electron chi connectivity index (χ1n) is 10.3. The Morgan fingerprint density at radius 2 is 1.87 bits per heavy atom. The number of hydrogen-bond donors (Lipinski definition) is 0. The van der Waals surface area contributed by atoms with Gasteiger partial charge in [0, 0.05) is 25.0 Å². The van der Waals surface area contributed by atoms with Crippen molar-refractivity contribution in [3.63, 3.8) is 0 Å². The summed E-state index contributed by atoms with van der Waals surface area (Å²) in [5.41, 5.74) is 2.87. The van der Waals surface area contributed by atoms with Gasteiger partial charge in [0.05, 0.1) is 36.6 Å². The van der Waals surface area contributed by atoms with Crippen molar-refractivity contribution in [3.05, 3.63) is 46.4 Å². The van der Waals surface area contributed by atoms with Crippen molar-refractivity contribution >= 4 is 39.5 Å². The Morgan fingerprint density at radius 1 is 1.13 bits per heavy atom. The fourth-order valence-corrected chi connectivity index (χ4v) is 3.69. The highest BCUT2D eigenvalue weighted by molar-refractivity contribution is 9.10. The van der Waals surface area contributed by atoms with Crippen LogP contribution >= 0.6 is 15.9 Å². The van der Waals surface area contributed by atoms with Crippen LogP contribution in [0.15, 0.2) is 45.9 Å². The number of benzene rings is 2. The number of carbonyl (C=O) groups excluding carboxylic acids is 1. The molecule has 0 spiro atoms. The molecule has 0 radical (unpaired) electrons. The van der Waals surface area contributed by atoms with Crippen molar-refractivity contribution in [2.24, 2.45) is 4.99 Å². The summed E-state index contributed by atoms with van der Waals surface area (Å²) in [5.74, 6) is 0.565. The molecule has 8 heteroatoms. The first-order chi connectivity index (χ1) is 15.1. The van der Waals surface area contributed by atoms with Gasteiger partial charge < -0.3 is 23.8 Å². The second-order valence-corrected chi connectivity index (χ2v) is 7.59. The minimum Gasteiger partial charge on any atom is -0.490 e. The minimum absolute atomic E-state index is 0.185. The number of ether oxygens (including phenoxy) is 4. The van der Waals surface area contributed by atoms with Gasteiger partial charge in [-0.25, -0.2) is 4.79 Å². The molecular weight excluding hydrogens is 464 g/mol. The van der Waals surface area contributed by atoms with Gasteiger partial charge in [0.25, 0.3) is 0 Å². The Labute approximate surface area is 191 Å². The number of morpholine rings is 1. The highest BCUT2D eigenvalue weighted by Crippen LogP contribution is 2.36. The van der Waals surface area contributed by atoms with E-state index >= 15 is 0 Å². The third kappa shape index (κ3) is 6.70. The predicted octanol–water partition coefficient (Wildman–Crippen LogP) is 4.38. The number of esters is 1. The quantitative estimate of drug-likeness (QED) is 0.383. The summed E-state index contributed by atoms with van der Waals surface area (Å²) >= 11 is 3.50. The van der Waals surface area contributed by atoms with Gasteiger partial charge >= 0.3 is 5.97 Å². The van der Waals surface area contributed by atoms with Crippen molar-refractivity contribution in [2.75, 3.05) is 51.0 Å². The number of nitrogens with zero attached hydrogens (tertiary/aromatic N) is 2. The minimum atomic E-state index is -0.428. The van der Waals surface area contributed by atoms with Crippen LogP contribution in [-0.2, 0) is 14.3 Å². The average molecular weight is 491 g/mol. The third-order valence-electron chi connectivity index (χ3n) is 4.56. The normalized spacial score (nSPS) is 14.0. The monoisotopic (exact) mass is 490 g/mol. The number of anilines is 1. The Morgan fingerprint density at radius 3 is 2.55 bits per heavy atom. The molecule has 1 heterocycles. The number of aliphatic imine (C=N–C) groups is 1. The molecule has 2 aromatic rings. The molecule has 0 aliphatic carbocycles. The smallest absolute Gasteiger partial charge is 0.344 e. The van der Waals surface area contributed by atoms with Gasteiger partial charge in [-0.3, -0.25) is 4.99 Å². The fraction of sp³-hybridized carbons (Fsp3) is 0.391. The lowest BCUT2D eigenvalue weighted by molar-refractivity contribution is -0.145. The summed E-state index contributed by atoms with van der Waals surface area (Å²) in [6.45, 7) is 7.56. The van der Waals surface area contributed by atoms with E-state index in [4.69, 9.17) is 18.9 Å². The number of carbonyl (C=O) groups is 1. The van der Waals surface area contributed by atoms with Crippen LogP contribution in [0.3, 0.4) is 0 Å². The van der Waals surface area contributed by atoms with Gasteiger partial charge in [-0.1, -0.05) is 0 Å². The number of hydrogen-bond acceptors (Lipinski definition) is 7. The van der Waals surface area contributed by atoms with E-state index in [9.17, 15) is 4.79 Å². The molecule has 0 bridgehead atoms. The zero-order valence-corrected chi connectivity index (χ0v) is 19.4. The Bertz CT molecular complexity index is 896. The molecule has 0 unspecified atom stereocenters. The van der Waals surface area contributed by atoms with E-state index in [0.717, 1.165) is 37.6 Å². The Hall–Kier alpha value is -2.58. The van der Waals surface area contributed by atoms with E-state index in [-0.39, 0.29) is 6.61 Å². The van der Waals surface area contributed by atoms with E-state index in [0.29, 0.717) is 29.2 Å². The summed E-state index contributed by atoms with van der Waals surface area (Å²) in [5, 5.41) is 0. The van der Waals surface area contributed by atoms with E-state index in [1.807, 2.05) is 31.2 Å². The van der Waals surface area contributed by atoms with E-state index in [2.05, 4.69) is 38.0 Å². The van der Waals surface area contributed by atoms with Crippen LogP contribution < -0.4 is 14.4 Å². The lowest BCUT2D eigenvalue weighted by Crippen LogP contribution is -2.36. The van der Waals surface area contributed by atoms with E-state index < -0.39 is 5.97 Å². The second kappa shape index (κ2) is 11.7. The summed E-state index contributed by atoms with van der Waals surface area (Å²) in [4.78, 5) is 18.5. The van der Waals surface area contributed by atoms with Gasteiger partial charge in [-0.2, -0.15) is 0 Å². The third-order valence-corrected chi connectivity index (χ3v) is 5.15. The van der Waals surface area contributed by atoms with Gasteiger partial charge in [0.15, 0.2) is 18.1 Å². The van der Waals surface area contributed by atoms with Crippen molar-refractivity contribution in [2.45, 2.75) is 13.8 Å². The Kier molecular flexibility index (Phi) is 8.73. The summed E-state index contributed by atoms with van der Waals surface area (Å²) in [6.07, 6.45) is 1.77. The fourth-order valence-electron chi connectivity index (χ4n) is 3.12. The predicted molar refractivity (Wildman–Crippen MR) is 124 cm³/mol. The maximum Gasteiger partial charge on any atom is 0.344 e. The van der Waals surface area contributed by atoms with Gasteiger partial charge in [-0.05, 0) is 71.7 Å². The van der Waals surface area contributed by atoms with Crippen LogP contribution in [-0.4, -0.2) is 58.3 Å². The largest absolute Gasteiger partial charge is 0.490 e. The van der Waals surface area contributed by atoms with Crippen LogP contribution in [0.5, 0.6) is 11.5 Å². The van der Waals surface area contributed by atoms with Crippen molar-refractivity contribution in [1.29, 1.82) is 0 Å². The van der Waals surface area contributed by atoms with Crippen LogP contribution in [0.25, 0.3) is 0 Å². The SMILES string of the molecule is CCOC(=O)COc1c(Br)cc(C=Nc2ccc(N3CCOCC3)cc2)cc1OCC. The molecule has 1 aliphatic heterocycles. The highest BCUT2D eigenvalue weighted by atomic mass is 79.9. The molecule has 7 nitrogen and oxygen atoms in total. The summed E-state index contributed by atoms with van der Waals surface area (Å²) in [6, 6.07) is 11.8. The average Bonchev–Trinajstić information content (AvgIpc) is 2.78. The molecule has 2 aromatic carbocycles. The molecule has 0 N–H and O–H groups in total. The van der Waals surface area contributed by atoms with Gasteiger partial charge in [-0.15, -0.1) is 0 Å². The second-order valence-electron chi connectivity index (χ2n) is 6.73. The molecular formula is C23H27BrN2O5. The van der Waals surface area contributed by atoms with E-state index in [1.54, 1.807) is 13.1 Å². The molecule has 1 aliphatic rings. The molecule has 1 saturated heterocycles. The molecule has 0 aromatic heterocycles. The highest BCUT2D eigenvalue weighted by Gasteiger charge is 2.14. The maximum atomic E-state index is 11.6. The molecule has 0 atom stereocenters. The van der Waals surface area contributed by atoms with Gasteiger partial charge in [0.2, 0.25) is 0 Å². The topological polar surface area (TPSA) is 69.6 Å². The van der Waals surface area contributed by atoms with Crippen molar-refractivity contribution in [1.82, 2.24) is 0 Å². The van der Waals surface area contributed by atoms with Crippen molar-refractivity contribution < 1.29 is 23.7 Å². The summed E-state index contributed by atoms with van der Waals surface area (Å²) in [7, 11) is 0. The lowest BCUT2D eigenvalue weighted by atomic mass is 10.2. The standard InChI is InChI=1S/C23H27BrN2O5/c1-3-29-21-14-17(13-20(24)23(21)31-16-22(27)30-4-2)15-25-18-5-7-19(8-6-18)26-9-11-28-12-10-26/h5-8,13-15H,3-4,9-12,16H2,1-2H3. The van der Waals surface area contributed by atoms with Crippen LogP contribution in [0.1, 0.15) is 19.4 Å². The van der Waals surface area contributed by atoms with Crippen LogP contribution in [0.2, 0.25) is 0 Å².